The van der Waals surface area contributed by atoms with Gasteiger partial charge in [-0.3, -0.25) is 14.0 Å². The minimum atomic E-state index is -3.96. The number of aryl methyl sites for hydroxylation is 2. The van der Waals surface area contributed by atoms with E-state index in [-0.39, 0.29) is 5.95 Å². The lowest BCUT2D eigenvalue weighted by Gasteiger charge is -2.21. The van der Waals surface area contributed by atoms with Gasteiger partial charge in [0.1, 0.15) is 28.7 Å². The highest BCUT2D eigenvalue weighted by atomic mass is 32.2. The van der Waals surface area contributed by atoms with Gasteiger partial charge in [0, 0.05) is 31.6 Å². The maximum atomic E-state index is 13.5. The molecule has 36 heavy (non-hydrogen) atoms. The van der Waals surface area contributed by atoms with Crippen molar-refractivity contribution in [1.29, 1.82) is 0 Å². The lowest BCUT2D eigenvalue weighted by atomic mass is 10.1. The van der Waals surface area contributed by atoms with Crippen LogP contribution in [0.3, 0.4) is 0 Å². The van der Waals surface area contributed by atoms with Crippen LogP contribution in [0.2, 0.25) is 0 Å². The Labute approximate surface area is 209 Å². The molecule has 0 amide bonds. The Morgan fingerprint density at radius 2 is 1.64 bits per heavy atom. The Balaban J connectivity index is 1.81. The number of hydrogen-bond donors (Lipinski definition) is 1. The van der Waals surface area contributed by atoms with Crippen molar-refractivity contribution in [3.63, 3.8) is 0 Å². The first-order valence-corrected chi connectivity index (χ1v) is 12.7. The molecule has 0 radical (unpaired) electrons. The van der Waals surface area contributed by atoms with Crippen molar-refractivity contribution in [1.82, 2.24) is 34.5 Å². The predicted octanol–water partition coefficient (Wildman–Crippen LogP) is 2.72. The zero-order valence-electron chi connectivity index (χ0n) is 20.9. The molecular formula is C23H28N8O4S. The summed E-state index contributed by atoms with van der Waals surface area (Å²) in [5.74, 6) is 1.07. The maximum absolute atomic E-state index is 13.5. The molecule has 1 aromatic carbocycles. The van der Waals surface area contributed by atoms with Crippen molar-refractivity contribution >= 4 is 16.0 Å². The summed E-state index contributed by atoms with van der Waals surface area (Å²) in [5.41, 5.74) is 1.80. The molecule has 13 heteroatoms. The van der Waals surface area contributed by atoms with Gasteiger partial charge >= 0.3 is 0 Å². The molecule has 2 unspecified atom stereocenters. The van der Waals surface area contributed by atoms with Crippen LogP contribution < -0.4 is 14.2 Å². The van der Waals surface area contributed by atoms with Gasteiger partial charge in [0.05, 0.1) is 19.5 Å². The largest absolute Gasteiger partial charge is 0.494 e. The summed E-state index contributed by atoms with van der Waals surface area (Å²) in [6, 6.07) is 6.98. The number of anilines is 1. The summed E-state index contributed by atoms with van der Waals surface area (Å²) in [4.78, 5) is 8.59. The van der Waals surface area contributed by atoms with E-state index in [4.69, 9.17) is 9.47 Å². The van der Waals surface area contributed by atoms with E-state index in [1.165, 1.54) is 18.8 Å². The van der Waals surface area contributed by atoms with Crippen molar-refractivity contribution in [2.75, 3.05) is 18.9 Å². The van der Waals surface area contributed by atoms with E-state index in [0.717, 1.165) is 5.56 Å². The van der Waals surface area contributed by atoms with Crippen LogP contribution >= 0.6 is 0 Å². The SMILES string of the molecule is COc1cccc(OC)c1-n1c(NS(=O)(=O)C(C)C(C)c2ncc(C)cn2)nnc1-c1ccn(C)n1. The first kappa shape index (κ1) is 25.1. The number of nitrogens with zero attached hydrogens (tertiary/aromatic N) is 7. The Morgan fingerprint density at radius 1 is 1.00 bits per heavy atom. The Morgan fingerprint density at radius 3 is 2.19 bits per heavy atom. The van der Waals surface area contributed by atoms with E-state index in [1.807, 2.05) is 6.92 Å². The molecule has 0 fully saturated rings. The summed E-state index contributed by atoms with van der Waals surface area (Å²) in [7, 11) is 0.831. The number of benzene rings is 1. The number of para-hydroxylation sites is 1. The Kier molecular flexibility index (Phi) is 6.93. The molecule has 0 aliphatic rings. The molecule has 4 aromatic rings. The average molecular weight is 513 g/mol. The highest BCUT2D eigenvalue weighted by Gasteiger charge is 2.32. The van der Waals surface area contributed by atoms with Crippen LogP contribution in [0, 0.1) is 6.92 Å². The average Bonchev–Trinajstić information content (AvgIpc) is 3.48. The van der Waals surface area contributed by atoms with Crippen LogP contribution in [0.25, 0.3) is 17.2 Å². The molecule has 0 aliphatic carbocycles. The number of aromatic nitrogens is 7. The van der Waals surface area contributed by atoms with Crippen LogP contribution in [0.15, 0.2) is 42.9 Å². The molecular weight excluding hydrogens is 484 g/mol. The van der Waals surface area contributed by atoms with Crippen LogP contribution in [-0.4, -0.2) is 62.4 Å². The van der Waals surface area contributed by atoms with Gasteiger partial charge < -0.3 is 9.47 Å². The monoisotopic (exact) mass is 512 g/mol. The third-order valence-electron chi connectivity index (χ3n) is 5.87. The topological polar surface area (TPSA) is 139 Å². The second-order valence-electron chi connectivity index (χ2n) is 8.33. The van der Waals surface area contributed by atoms with Gasteiger partial charge in [0.25, 0.3) is 0 Å². The third-order valence-corrected chi connectivity index (χ3v) is 7.72. The first-order chi connectivity index (χ1) is 17.2. The zero-order valence-corrected chi connectivity index (χ0v) is 21.7. The highest BCUT2D eigenvalue weighted by Crippen LogP contribution is 2.37. The molecule has 0 spiro atoms. The minimum Gasteiger partial charge on any atom is -0.494 e. The normalized spacial score (nSPS) is 13.3. The van der Waals surface area contributed by atoms with E-state index in [0.29, 0.717) is 34.5 Å². The highest BCUT2D eigenvalue weighted by molar-refractivity contribution is 7.93. The summed E-state index contributed by atoms with van der Waals surface area (Å²) < 4.78 is 43.9. The maximum Gasteiger partial charge on any atom is 0.243 e. The van der Waals surface area contributed by atoms with Gasteiger partial charge in [-0.05, 0) is 37.6 Å². The van der Waals surface area contributed by atoms with Gasteiger partial charge in [0.15, 0.2) is 5.82 Å². The van der Waals surface area contributed by atoms with E-state index >= 15 is 0 Å². The summed E-state index contributed by atoms with van der Waals surface area (Å²) >= 11 is 0. The van der Waals surface area contributed by atoms with Gasteiger partial charge in [-0.15, -0.1) is 10.2 Å². The Bertz CT molecular complexity index is 1440. The van der Waals surface area contributed by atoms with E-state index in [2.05, 4.69) is 30.0 Å². The predicted molar refractivity (Wildman–Crippen MR) is 134 cm³/mol. The molecule has 4 rings (SSSR count). The fourth-order valence-electron chi connectivity index (χ4n) is 3.65. The number of rotatable bonds is 9. The van der Waals surface area contributed by atoms with E-state index < -0.39 is 21.2 Å². The van der Waals surface area contributed by atoms with Crippen molar-refractivity contribution in [3.05, 3.63) is 54.2 Å². The van der Waals surface area contributed by atoms with Crippen molar-refractivity contribution in [2.45, 2.75) is 31.9 Å². The summed E-state index contributed by atoms with van der Waals surface area (Å²) in [5, 5.41) is 12.0. The van der Waals surface area contributed by atoms with Gasteiger partial charge in [0.2, 0.25) is 16.0 Å². The van der Waals surface area contributed by atoms with E-state index in [9.17, 15) is 8.42 Å². The molecule has 0 bridgehead atoms. The van der Waals surface area contributed by atoms with Crippen LogP contribution in [0.4, 0.5) is 5.95 Å². The van der Waals surface area contributed by atoms with Crippen LogP contribution in [-0.2, 0) is 17.1 Å². The second-order valence-corrected chi connectivity index (χ2v) is 10.4. The summed E-state index contributed by atoms with van der Waals surface area (Å²) in [6.45, 7) is 5.23. The molecule has 3 aromatic heterocycles. The molecule has 0 aliphatic heterocycles. The minimum absolute atomic E-state index is 0.0395. The molecule has 190 valence electrons. The molecule has 0 saturated heterocycles. The van der Waals surface area contributed by atoms with Crippen molar-refractivity contribution in [3.8, 4) is 28.7 Å². The van der Waals surface area contributed by atoms with Gasteiger partial charge in [-0.1, -0.05) is 13.0 Å². The molecule has 1 N–H and O–H groups in total. The van der Waals surface area contributed by atoms with Crippen molar-refractivity contribution < 1.29 is 17.9 Å². The van der Waals surface area contributed by atoms with Crippen LogP contribution in [0.1, 0.15) is 31.2 Å². The molecule has 3 heterocycles. The fourth-order valence-corrected chi connectivity index (χ4v) is 4.88. The third kappa shape index (κ3) is 4.73. The smallest absolute Gasteiger partial charge is 0.243 e. The lowest BCUT2D eigenvalue weighted by molar-refractivity contribution is 0.391. The number of nitrogens with one attached hydrogen (secondary N) is 1. The molecule has 0 saturated carbocycles. The molecule has 2 atom stereocenters. The first-order valence-electron chi connectivity index (χ1n) is 11.1. The second kappa shape index (κ2) is 9.93. The summed E-state index contributed by atoms with van der Waals surface area (Å²) in [6.07, 6.45) is 5.08. The van der Waals surface area contributed by atoms with Crippen molar-refractivity contribution in [2.24, 2.45) is 7.05 Å². The van der Waals surface area contributed by atoms with Gasteiger partial charge in [-0.2, -0.15) is 5.10 Å². The number of sulfonamides is 1. The lowest BCUT2D eigenvalue weighted by Crippen LogP contribution is -2.31. The number of hydrogen-bond acceptors (Lipinski definition) is 9. The molecule has 12 nitrogen and oxygen atoms in total. The zero-order chi connectivity index (χ0) is 26.0. The standard InChI is InChI=1S/C23H28N8O4S/c1-14-12-24-21(25-13-14)15(2)16(3)36(32,33)29-23-27-26-22(17-10-11-30(4)28-17)31(23)20-18(34-5)8-7-9-19(20)35-6/h7-13,15-16H,1-6H3,(H,27,29). The quantitative estimate of drug-likeness (QED) is 0.358. The van der Waals surface area contributed by atoms with E-state index in [1.54, 1.807) is 68.4 Å². The Hall–Kier alpha value is -4.00. The number of ether oxygens (including phenoxy) is 2. The van der Waals surface area contributed by atoms with Gasteiger partial charge in [-0.25, -0.2) is 18.4 Å². The number of methoxy groups -OCH3 is 2. The van der Waals surface area contributed by atoms with Crippen LogP contribution in [0.5, 0.6) is 11.5 Å². The fraction of sp³-hybridized carbons (Fsp3) is 0.348.